The van der Waals surface area contributed by atoms with E-state index < -0.39 is 0 Å². The lowest BCUT2D eigenvalue weighted by Crippen LogP contribution is -2.43. The second kappa shape index (κ2) is 7.99. The van der Waals surface area contributed by atoms with E-state index in [-0.39, 0.29) is 17.9 Å². The summed E-state index contributed by atoms with van der Waals surface area (Å²) < 4.78 is 5.15. The second-order valence-corrected chi connectivity index (χ2v) is 4.75. The first-order valence-electron chi connectivity index (χ1n) is 6.83. The van der Waals surface area contributed by atoms with E-state index in [2.05, 4.69) is 6.92 Å². The molecule has 0 radical (unpaired) electrons. The van der Waals surface area contributed by atoms with Crippen molar-refractivity contribution in [1.29, 1.82) is 0 Å². The van der Waals surface area contributed by atoms with Crippen molar-refractivity contribution >= 4 is 12.0 Å². The van der Waals surface area contributed by atoms with Crippen LogP contribution < -0.4 is 0 Å². The lowest BCUT2D eigenvalue weighted by Gasteiger charge is -2.31. The molecule has 0 unspecified atom stereocenters. The summed E-state index contributed by atoms with van der Waals surface area (Å²) in [6.45, 7) is 3.66. The van der Waals surface area contributed by atoms with Gasteiger partial charge in [-0.2, -0.15) is 0 Å². The zero-order valence-corrected chi connectivity index (χ0v) is 12.1. The molecule has 19 heavy (non-hydrogen) atoms. The predicted molar refractivity (Wildman–Crippen MR) is 70.3 cm³/mol. The first-order valence-corrected chi connectivity index (χ1v) is 6.83. The van der Waals surface area contributed by atoms with Gasteiger partial charge in [0, 0.05) is 26.1 Å². The molecule has 6 heteroatoms. The molecule has 1 aliphatic heterocycles. The van der Waals surface area contributed by atoms with Gasteiger partial charge in [0.25, 0.3) is 0 Å². The molecule has 0 atom stereocenters. The van der Waals surface area contributed by atoms with Gasteiger partial charge < -0.3 is 9.64 Å². The number of carbonyl (C=O) groups is 2. The van der Waals surface area contributed by atoms with Crippen LogP contribution in [0.1, 0.15) is 32.6 Å². The van der Waals surface area contributed by atoms with Gasteiger partial charge in [-0.1, -0.05) is 13.3 Å². The van der Waals surface area contributed by atoms with Crippen LogP contribution in [0, 0.1) is 5.92 Å². The smallest absolute Gasteiger partial charge is 0.409 e. The van der Waals surface area contributed by atoms with Gasteiger partial charge in [-0.15, -0.1) is 0 Å². The van der Waals surface area contributed by atoms with Gasteiger partial charge in [-0.05, 0) is 19.3 Å². The molecule has 2 amide bonds. The minimum absolute atomic E-state index is 0.0264. The molecule has 0 aromatic carbocycles. The number of hydrogen-bond donors (Lipinski definition) is 0. The van der Waals surface area contributed by atoms with Crippen LogP contribution in [0.3, 0.4) is 0 Å². The standard InChI is InChI=1S/C13H24N2O4/c1-4-5-10-19-13(17)15-8-6-11(7-9-15)12(16)14(2)18-3/h11H,4-10H2,1-3H3. The van der Waals surface area contributed by atoms with E-state index in [0.29, 0.717) is 32.5 Å². The third-order valence-electron chi connectivity index (χ3n) is 3.41. The zero-order valence-electron chi connectivity index (χ0n) is 12.1. The maximum Gasteiger partial charge on any atom is 0.409 e. The summed E-state index contributed by atoms with van der Waals surface area (Å²) in [5, 5.41) is 1.25. The highest BCUT2D eigenvalue weighted by molar-refractivity contribution is 5.78. The van der Waals surface area contributed by atoms with Crippen molar-refractivity contribution in [1.82, 2.24) is 9.96 Å². The third kappa shape index (κ3) is 4.70. The van der Waals surface area contributed by atoms with E-state index in [1.165, 1.54) is 12.2 Å². The minimum Gasteiger partial charge on any atom is -0.449 e. The average Bonchev–Trinajstić information content (AvgIpc) is 2.46. The lowest BCUT2D eigenvalue weighted by atomic mass is 9.96. The van der Waals surface area contributed by atoms with Gasteiger partial charge in [-0.25, -0.2) is 9.86 Å². The number of hydrogen-bond acceptors (Lipinski definition) is 4. The Morgan fingerprint density at radius 3 is 2.47 bits per heavy atom. The van der Waals surface area contributed by atoms with Gasteiger partial charge in [0.1, 0.15) is 0 Å². The summed E-state index contributed by atoms with van der Waals surface area (Å²) in [5.74, 6) is -0.0915. The van der Waals surface area contributed by atoms with Crippen LogP contribution in [0.15, 0.2) is 0 Å². The van der Waals surface area contributed by atoms with Gasteiger partial charge in [0.05, 0.1) is 13.7 Å². The number of piperidine rings is 1. The maximum atomic E-state index is 11.9. The van der Waals surface area contributed by atoms with Crippen molar-refractivity contribution in [2.24, 2.45) is 5.92 Å². The van der Waals surface area contributed by atoms with Crippen LogP contribution in [-0.2, 0) is 14.4 Å². The number of ether oxygens (including phenoxy) is 1. The molecule has 6 nitrogen and oxygen atoms in total. The summed E-state index contributed by atoms with van der Waals surface area (Å²) in [6.07, 6.45) is 2.96. The van der Waals surface area contributed by atoms with Crippen LogP contribution in [0.2, 0.25) is 0 Å². The first-order chi connectivity index (χ1) is 9.10. The van der Waals surface area contributed by atoms with Crippen molar-refractivity contribution < 1.29 is 19.2 Å². The second-order valence-electron chi connectivity index (χ2n) is 4.75. The highest BCUT2D eigenvalue weighted by Crippen LogP contribution is 2.19. The van der Waals surface area contributed by atoms with E-state index >= 15 is 0 Å². The van der Waals surface area contributed by atoms with Gasteiger partial charge in [-0.3, -0.25) is 9.63 Å². The summed E-state index contributed by atoms with van der Waals surface area (Å²) in [5.41, 5.74) is 0. The lowest BCUT2D eigenvalue weighted by molar-refractivity contribution is -0.174. The van der Waals surface area contributed by atoms with Gasteiger partial charge >= 0.3 is 6.09 Å². The van der Waals surface area contributed by atoms with E-state index in [0.717, 1.165) is 12.8 Å². The molecule has 0 saturated carbocycles. The molecule has 0 bridgehead atoms. The number of rotatable bonds is 5. The van der Waals surface area contributed by atoms with Gasteiger partial charge in [0.15, 0.2) is 0 Å². The van der Waals surface area contributed by atoms with Crippen molar-refractivity contribution in [2.75, 3.05) is 33.9 Å². The normalized spacial score (nSPS) is 16.3. The quantitative estimate of drug-likeness (QED) is 0.564. The number of nitrogens with zero attached hydrogens (tertiary/aromatic N) is 2. The Balaban J connectivity index is 2.32. The third-order valence-corrected chi connectivity index (χ3v) is 3.41. The number of amides is 2. The van der Waals surface area contributed by atoms with E-state index in [1.54, 1.807) is 11.9 Å². The highest BCUT2D eigenvalue weighted by atomic mass is 16.7. The predicted octanol–water partition coefficient (Wildman–Crippen LogP) is 1.65. The molecule has 1 aliphatic rings. The van der Waals surface area contributed by atoms with Crippen LogP contribution >= 0.6 is 0 Å². The Labute approximate surface area is 114 Å². The topological polar surface area (TPSA) is 59.1 Å². The fraction of sp³-hybridized carbons (Fsp3) is 0.846. The molecule has 1 heterocycles. The van der Waals surface area contributed by atoms with Crippen LogP contribution in [0.4, 0.5) is 4.79 Å². The molecule has 0 aliphatic carbocycles. The average molecular weight is 272 g/mol. The molecule has 1 fully saturated rings. The molecule has 0 N–H and O–H groups in total. The Morgan fingerprint density at radius 1 is 1.32 bits per heavy atom. The highest BCUT2D eigenvalue weighted by Gasteiger charge is 2.29. The molecule has 110 valence electrons. The summed E-state index contributed by atoms with van der Waals surface area (Å²) in [6, 6.07) is 0. The summed E-state index contributed by atoms with van der Waals surface area (Å²) in [7, 11) is 3.08. The fourth-order valence-corrected chi connectivity index (χ4v) is 2.05. The van der Waals surface area contributed by atoms with Gasteiger partial charge in [0.2, 0.25) is 5.91 Å². The van der Waals surface area contributed by atoms with Crippen molar-refractivity contribution in [3.05, 3.63) is 0 Å². The summed E-state index contributed by atoms with van der Waals surface area (Å²) >= 11 is 0. The fourth-order valence-electron chi connectivity index (χ4n) is 2.05. The van der Waals surface area contributed by atoms with E-state index in [1.807, 2.05) is 0 Å². The Bertz CT molecular complexity index is 301. The summed E-state index contributed by atoms with van der Waals surface area (Å²) in [4.78, 5) is 30.2. The molecule has 1 rings (SSSR count). The molecule has 1 saturated heterocycles. The van der Waals surface area contributed by atoms with Crippen LogP contribution in [0.5, 0.6) is 0 Å². The monoisotopic (exact) mass is 272 g/mol. The van der Waals surface area contributed by atoms with E-state index in [4.69, 9.17) is 9.57 Å². The first kappa shape index (κ1) is 15.8. The SMILES string of the molecule is CCCCOC(=O)N1CCC(C(=O)N(C)OC)CC1. The Hall–Kier alpha value is -1.30. The number of unbranched alkanes of at least 4 members (excludes halogenated alkanes) is 1. The number of carbonyl (C=O) groups excluding carboxylic acids is 2. The minimum atomic E-state index is -0.264. The van der Waals surface area contributed by atoms with Crippen molar-refractivity contribution in [3.63, 3.8) is 0 Å². The number of likely N-dealkylation sites (tertiary alicyclic amines) is 1. The number of hydroxylamine groups is 2. The molecule has 0 aromatic heterocycles. The Morgan fingerprint density at radius 2 is 1.95 bits per heavy atom. The van der Waals surface area contributed by atoms with E-state index in [9.17, 15) is 9.59 Å². The molecular weight excluding hydrogens is 248 g/mol. The van der Waals surface area contributed by atoms with Crippen molar-refractivity contribution in [3.8, 4) is 0 Å². The van der Waals surface area contributed by atoms with Crippen molar-refractivity contribution in [2.45, 2.75) is 32.6 Å². The molecule has 0 spiro atoms. The zero-order chi connectivity index (χ0) is 14.3. The largest absolute Gasteiger partial charge is 0.449 e. The Kier molecular flexibility index (Phi) is 6.62. The van der Waals surface area contributed by atoms with Crippen LogP contribution in [-0.4, -0.2) is 55.8 Å². The maximum absolute atomic E-state index is 11.9. The van der Waals surface area contributed by atoms with Crippen LogP contribution in [0.25, 0.3) is 0 Å². The molecule has 0 aromatic rings. The molecular formula is C13H24N2O4.